The van der Waals surface area contributed by atoms with Crippen LogP contribution in [0.5, 0.6) is 11.5 Å². The SMILES string of the molecule is COc1ccc2c(c1OC)[C@H](C)[C@@H]1C[C@@H](c3ccccc3)CC=C1C2=O. The molecular formula is C23H24O3. The van der Waals surface area contributed by atoms with Crippen LogP contribution < -0.4 is 9.47 Å². The molecule has 0 aromatic heterocycles. The Morgan fingerprint density at radius 1 is 1.00 bits per heavy atom. The lowest BCUT2D eigenvalue weighted by molar-refractivity contribution is 0.0997. The van der Waals surface area contributed by atoms with E-state index in [0.717, 1.165) is 29.5 Å². The largest absolute Gasteiger partial charge is 0.493 e. The first-order valence-corrected chi connectivity index (χ1v) is 9.20. The molecule has 2 aromatic rings. The van der Waals surface area contributed by atoms with Crippen LogP contribution in [0.15, 0.2) is 54.1 Å². The van der Waals surface area contributed by atoms with Crippen molar-refractivity contribution in [1.29, 1.82) is 0 Å². The molecule has 134 valence electrons. The first-order chi connectivity index (χ1) is 12.7. The molecule has 3 heteroatoms. The Morgan fingerprint density at radius 2 is 1.77 bits per heavy atom. The molecule has 0 N–H and O–H groups in total. The van der Waals surface area contributed by atoms with Crippen LogP contribution in [-0.2, 0) is 0 Å². The zero-order chi connectivity index (χ0) is 18.3. The van der Waals surface area contributed by atoms with Crippen molar-refractivity contribution in [1.82, 2.24) is 0 Å². The van der Waals surface area contributed by atoms with Crippen LogP contribution >= 0.6 is 0 Å². The van der Waals surface area contributed by atoms with Crippen LogP contribution in [0.1, 0.15) is 53.1 Å². The number of hydrogen-bond donors (Lipinski definition) is 0. The number of carbonyl (C=O) groups is 1. The maximum atomic E-state index is 13.1. The van der Waals surface area contributed by atoms with Gasteiger partial charge in [-0.2, -0.15) is 0 Å². The van der Waals surface area contributed by atoms with Crippen molar-refractivity contribution >= 4 is 5.78 Å². The van der Waals surface area contributed by atoms with E-state index in [1.807, 2.05) is 18.2 Å². The maximum absolute atomic E-state index is 13.1. The molecule has 26 heavy (non-hydrogen) atoms. The van der Waals surface area contributed by atoms with Gasteiger partial charge >= 0.3 is 0 Å². The van der Waals surface area contributed by atoms with E-state index in [1.54, 1.807) is 14.2 Å². The van der Waals surface area contributed by atoms with Crippen molar-refractivity contribution in [3.8, 4) is 11.5 Å². The molecule has 0 fully saturated rings. The summed E-state index contributed by atoms with van der Waals surface area (Å²) in [6, 6.07) is 14.3. The molecular weight excluding hydrogens is 324 g/mol. The summed E-state index contributed by atoms with van der Waals surface area (Å²) < 4.78 is 11.1. The molecule has 2 aromatic carbocycles. The van der Waals surface area contributed by atoms with Crippen LogP contribution in [0.2, 0.25) is 0 Å². The minimum absolute atomic E-state index is 0.149. The van der Waals surface area contributed by atoms with Gasteiger partial charge < -0.3 is 9.47 Å². The molecule has 0 spiro atoms. The third kappa shape index (κ3) is 2.54. The van der Waals surface area contributed by atoms with Crippen LogP contribution in [0.25, 0.3) is 0 Å². The lowest BCUT2D eigenvalue weighted by Gasteiger charge is -2.38. The van der Waals surface area contributed by atoms with E-state index < -0.39 is 0 Å². The summed E-state index contributed by atoms with van der Waals surface area (Å²) >= 11 is 0. The Kier molecular flexibility index (Phi) is 4.31. The molecule has 0 saturated carbocycles. The second kappa shape index (κ2) is 6.64. The van der Waals surface area contributed by atoms with Crippen LogP contribution in [-0.4, -0.2) is 20.0 Å². The van der Waals surface area contributed by atoms with Gasteiger partial charge in [-0.1, -0.05) is 43.3 Å². The number of carbonyl (C=O) groups excluding carboxylic acids is 1. The van der Waals surface area contributed by atoms with Gasteiger partial charge in [-0.3, -0.25) is 4.79 Å². The van der Waals surface area contributed by atoms with Crippen molar-refractivity contribution in [2.45, 2.75) is 31.6 Å². The Hall–Kier alpha value is -2.55. The van der Waals surface area contributed by atoms with Gasteiger partial charge in [0.15, 0.2) is 17.3 Å². The number of benzene rings is 2. The quantitative estimate of drug-likeness (QED) is 0.772. The lowest BCUT2D eigenvalue weighted by Crippen LogP contribution is -2.31. The molecule has 0 unspecified atom stereocenters. The fourth-order valence-electron chi connectivity index (χ4n) is 4.64. The number of allylic oxidation sites excluding steroid dienone is 2. The lowest BCUT2D eigenvalue weighted by atomic mass is 9.65. The number of ether oxygens (including phenoxy) is 2. The molecule has 0 radical (unpaired) electrons. The second-order valence-corrected chi connectivity index (χ2v) is 7.23. The minimum Gasteiger partial charge on any atom is -0.493 e. The third-order valence-electron chi connectivity index (χ3n) is 5.98. The molecule has 3 nitrogen and oxygen atoms in total. The van der Waals surface area contributed by atoms with Crippen molar-refractivity contribution in [2.75, 3.05) is 14.2 Å². The van der Waals surface area contributed by atoms with Gasteiger partial charge in [-0.05, 0) is 53.9 Å². The van der Waals surface area contributed by atoms with Crippen LogP contribution in [0.4, 0.5) is 0 Å². The number of hydrogen-bond acceptors (Lipinski definition) is 3. The average Bonchev–Trinajstić information content (AvgIpc) is 2.71. The minimum atomic E-state index is 0.149. The van der Waals surface area contributed by atoms with Gasteiger partial charge in [0, 0.05) is 11.1 Å². The molecule has 2 aliphatic carbocycles. The van der Waals surface area contributed by atoms with E-state index in [9.17, 15) is 4.79 Å². The molecule has 4 rings (SSSR count). The Balaban J connectivity index is 1.78. The van der Waals surface area contributed by atoms with Gasteiger partial charge in [-0.15, -0.1) is 0 Å². The van der Waals surface area contributed by atoms with Crippen LogP contribution in [0.3, 0.4) is 0 Å². The van der Waals surface area contributed by atoms with Gasteiger partial charge in [0.05, 0.1) is 14.2 Å². The summed E-state index contributed by atoms with van der Waals surface area (Å²) in [5.41, 5.74) is 4.08. The van der Waals surface area contributed by atoms with Crippen molar-refractivity contribution in [3.63, 3.8) is 0 Å². The number of rotatable bonds is 3. The Bertz CT molecular complexity index is 867. The van der Waals surface area contributed by atoms with Gasteiger partial charge in [0.1, 0.15) is 0 Å². The number of fused-ring (bicyclic) bond motifs is 2. The molecule has 0 aliphatic heterocycles. The van der Waals surface area contributed by atoms with E-state index in [2.05, 4.69) is 37.3 Å². The number of Topliss-reactive ketones (excluding diaryl/α,β-unsaturated/α-hetero) is 1. The highest BCUT2D eigenvalue weighted by Crippen LogP contribution is 2.51. The van der Waals surface area contributed by atoms with E-state index in [4.69, 9.17) is 9.47 Å². The first kappa shape index (κ1) is 16.9. The van der Waals surface area contributed by atoms with E-state index >= 15 is 0 Å². The predicted octanol–water partition coefficient (Wildman–Crippen LogP) is 5.12. The van der Waals surface area contributed by atoms with Crippen LogP contribution in [0, 0.1) is 5.92 Å². The summed E-state index contributed by atoms with van der Waals surface area (Å²) in [5, 5.41) is 0. The predicted molar refractivity (Wildman–Crippen MR) is 102 cm³/mol. The van der Waals surface area contributed by atoms with Crippen molar-refractivity contribution < 1.29 is 14.3 Å². The Labute approximate surface area is 154 Å². The molecule has 0 heterocycles. The first-order valence-electron chi connectivity index (χ1n) is 9.20. The summed E-state index contributed by atoms with van der Waals surface area (Å²) in [6.45, 7) is 2.21. The molecule has 0 saturated heterocycles. The van der Waals surface area contributed by atoms with E-state index in [-0.39, 0.29) is 17.6 Å². The van der Waals surface area contributed by atoms with Crippen molar-refractivity contribution in [3.05, 3.63) is 70.8 Å². The summed E-state index contributed by atoms with van der Waals surface area (Å²) in [5.74, 6) is 2.43. The standard InChI is InChI=1S/C23H24O3/c1-14-19-13-16(15-7-5-4-6-8-15)9-10-17(19)22(24)18-11-12-20(25-2)23(26-3)21(14)18/h4-8,10-12,14,16,19H,9,13H2,1-3H3/t14-,16+,19+/m1/s1. The third-order valence-corrected chi connectivity index (χ3v) is 5.98. The van der Waals surface area contributed by atoms with Crippen molar-refractivity contribution in [2.24, 2.45) is 5.92 Å². The van der Waals surface area contributed by atoms with Gasteiger partial charge in [0.2, 0.25) is 0 Å². The van der Waals surface area contributed by atoms with E-state index in [0.29, 0.717) is 17.4 Å². The zero-order valence-electron chi connectivity index (χ0n) is 15.5. The van der Waals surface area contributed by atoms with Gasteiger partial charge in [0.25, 0.3) is 0 Å². The fraction of sp³-hybridized carbons (Fsp3) is 0.348. The molecule has 0 amide bonds. The summed E-state index contributed by atoms with van der Waals surface area (Å²) in [4.78, 5) is 13.1. The summed E-state index contributed by atoms with van der Waals surface area (Å²) in [6.07, 6.45) is 4.09. The highest BCUT2D eigenvalue weighted by molar-refractivity contribution is 6.12. The molecule has 3 atom stereocenters. The molecule has 2 aliphatic rings. The van der Waals surface area contributed by atoms with Gasteiger partial charge in [-0.25, -0.2) is 0 Å². The highest BCUT2D eigenvalue weighted by atomic mass is 16.5. The smallest absolute Gasteiger partial charge is 0.189 e. The maximum Gasteiger partial charge on any atom is 0.189 e. The second-order valence-electron chi connectivity index (χ2n) is 7.23. The topological polar surface area (TPSA) is 35.5 Å². The number of ketones is 1. The average molecular weight is 348 g/mol. The normalized spacial score (nSPS) is 24.3. The van der Waals surface area contributed by atoms with E-state index in [1.165, 1.54) is 5.56 Å². The zero-order valence-corrected chi connectivity index (χ0v) is 15.5. The molecule has 0 bridgehead atoms. The Morgan fingerprint density at radius 3 is 2.46 bits per heavy atom. The summed E-state index contributed by atoms with van der Waals surface area (Å²) in [7, 11) is 3.28. The highest BCUT2D eigenvalue weighted by Gasteiger charge is 2.41. The monoisotopic (exact) mass is 348 g/mol. The fourth-order valence-corrected chi connectivity index (χ4v) is 4.64. The number of methoxy groups -OCH3 is 2.